The summed E-state index contributed by atoms with van der Waals surface area (Å²) in [6, 6.07) is 131. The first-order valence-corrected chi connectivity index (χ1v) is 40.0. The summed E-state index contributed by atoms with van der Waals surface area (Å²) in [5.41, 5.74) is 27.1. The third kappa shape index (κ3) is 9.02. The lowest BCUT2D eigenvalue weighted by Crippen LogP contribution is -2.02. The molecule has 0 aliphatic rings. The maximum absolute atomic E-state index is 5.28. The number of benzene rings is 12. The second kappa shape index (κ2) is 24.7. The van der Waals surface area contributed by atoms with Crippen LogP contribution in [0, 0.1) is 0 Å². The summed E-state index contributed by atoms with van der Waals surface area (Å²) in [7, 11) is 0. The number of nitrogens with zero attached hydrogens (tertiary/aromatic N) is 12. The van der Waals surface area contributed by atoms with Crippen LogP contribution in [0.5, 0.6) is 0 Å². The van der Waals surface area contributed by atoms with E-state index < -0.39 is 0 Å². The molecule has 0 saturated carbocycles. The number of aromatic nitrogens is 12. The molecule has 0 spiro atoms. The van der Waals surface area contributed by atoms with E-state index in [9.17, 15) is 0 Å². The van der Waals surface area contributed by atoms with E-state index in [0.717, 1.165) is 106 Å². The first-order chi connectivity index (χ1) is 58.6. The van der Waals surface area contributed by atoms with Gasteiger partial charge in [-0.05, 0) is 103 Å². The highest BCUT2D eigenvalue weighted by Crippen LogP contribution is 2.50. The number of rotatable bonds is 6. The smallest absolute Gasteiger partial charge is 0.162 e. The molecule has 0 saturated heterocycles. The van der Waals surface area contributed by atoms with Gasteiger partial charge in [-0.3, -0.25) is 14.1 Å². The van der Waals surface area contributed by atoms with Crippen LogP contribution < -0.4 is 0 Å². The quantitative estimate of drug-likeness (QED) is 0.154. The number of hydrogen-bond acceptors (Lipinski definition) is 6. The molecule has 0 fully saturated rings. The van der Waals surface area contributed by atoms with Gasteiger partial charge in [0.2, 0.25) is 0 Å². The summed E-state index contributed by atoms with van der Waals surface area (Å²) in [5, 5.41) is 19.5. The van der Waals surface area contributed by atoms with Crippen LogP contribution in [0.3, 0.4) is 0 Å². The average Bonchev–Trinajstić information content (AvgIpc) is 1.54. The Morgan fingerprint density at radius 3 is 1.23 bits per heavy atom. The van der Waals surface area contributed by atoms with Crippen molar-refractivity contribution in [3.05, 3.63) is 376 Å². The predicted octanol–water partition coefficient (Wildman–Crippen LogP) is 26.3. The van der Waals surface area contributed by atoms with Gasteiger partial charge in [0, 0.05) is 115 Å². The van der Waals surface area contributed by atoms with Gasteiger partial charge in [0.1, 0.15) is 11.6 Å². The molecule has 546 valence electrons. The molecule has 12 aromatic carbocycles. The van der Waals surface area contributed by atoms with Crippen molar-refractivity contribution in [3.8, 4) is 51.4 Å². The highest BCUT2D eigenvalue weighted by Gasteiger charge is 2.30. The van der Waals surface area contributed by atoms with Gasteiger partial charge >= 0.3 is 0 Å². The third-order valence-corrected chi connectivity index (χ3v) is 24.6. The van der Waals surface area contributed by atoms with Gasteiger partial charge in [0.05, 0.1) is 111 Å². The average molecular weight is 1500 g/mol. The molecule has 16 heterocycles. The summed E-state index contributed by atoms with van der Waals surface area (Å²) in [4.78, 5) is 30.4. The number of pyridine rings is 5. The van der Waals surface area contributed by atoms with Crippen molar-refractivity contribution in [1.82, 2.24) is 56.8 Å². The Hall–Kier alpha value is -16.2. The molecule has 28 aromatic rings. The zero-order valence-corrected chi connectivity index (χ0v) is 63.2. The van der Waals surface area contributed by atoms with E-state index in [-0.39, 0.29) is 0 Å². The minimum Gasteiger partial charge on any atom is -0.307 e. The maximum atomic E-state index is 5.28. The largest absolute Gasteiger partial charge is 0.307 e. The summed E-state index contributed by atoms with van der Waals surface area (Å²) < 4.78 is 14.4. The van der Waals surface area contributed by atoms with Gasteiger partial charge in [-0.25, -0.2) is 24.9 Å². The first kappa shape index (κ1) is 64.4. The van der Waals surface area contributed by atoms with Crippen molar-refractivity contribution < 1.29 is 0 Å². The highest BCUT2D eigenvalue weighted by molar-refractivity contribution is 6.33. The molecule has 0 aliphatic heterocycles. The Balaban J connectivity index is 0.0000000968. The Morgan fingerprint density at radius 2 is 0.636 bits per heavy atom. The Morgan fingerprint density at radius 1 is 0.212 bits per heavy atom. The second-order valence-corrected chi connectivity index (χ2v) is 30.8. The fourth-order valence-corrected chi connectivity index (χ4v) is 19.7. The Kier molecular flexibility index (Phi) is 13.5. The van der Waals surface area contributed by atoms with Gasteiger partial charge < -0.3 is 17.8 Å². The van der Waals surface area contributed by atoms with Gasteiger partial charge in [0.15, 0.2) is 11.6 Å². The van der Waals surface area contributed by atoms with E-state index >= 15 is 0 Å². The molecule has 0 aliphatic carbocycles. The maximum Gasteiger partial charge on any atom is 0.162 e. The van der Waals surface area contributed by atoms with E-state index in [1.807, 2.05) is 60.8 Å². The minimum atomic E-state index is 0.728. The summed E-state index contributed by atoms with van der Waals surface area (Å²) in [5.74, 6) is 3.27. The van der Waals surface area contributed by atoms with E-state index in [1.54, 1.807) is 0 Å². The fourth-order valence-electron chi connectivity index (χ4n) is 19.7. The first-order valence-electron chi connectivity index (χ1n) is 40.0. The van der Waals surface area contributed by atoms with E-state index in [1.165, 1.54) is 136 Å². The highest BCUT2D eigenvalue weighted by atomic mass is 15.1. The van der Waals surface area contributed by atoms with Crippen molar-refractivity contribution in [3.63, 3.8) is 0 Å². The molecule has 12 nitrogen and oxygen atoms in total. The standard InChI is InChI=1S/C40H24N4.C34H20N4.C32H18N4/c1-3-12-25(13-4-1)37-31-24-27(22-23-32(31)41-40(42-37)26-14-5-2-6-15-26)43-34-19-10-9-18-30(34)36-38-29-17-8-7-16-28(29)33-20-11-21-35(39(36)43)44(33)38;1-2-11-21(12-3-1)33-35-26-17-8-6-15-24(26)34(36-33)38-28-18-9-7-16-25(28)30-29-20-10-19-27-22-13-4-5-14-23(22)31(32(30)38)37(27)29;1-2-9-22-21(8-1)24-12-5-13-26-32-28(31(22)35(24)26)23-10-3-4-11-25(23)36(32)27-17-16-20-15-14-19-7-6-18-33-29(19)30(20)34-27/h1-24H;1-20H;1-18H. The lowest BCUT2D eigenvalue weighted by Gasteiger charge is -2.13. The van der Waals surface area contributed by atoms with Crippen molar-refractivity contribution in [2.24, 2.45) is 0 Å². The molecular weight excluding hydrogens is 1440 g/mol. The van der Waals surface area contributed by atoms with Crippen LogP contribution in [0.15, 0.2) is 376 Å². The molecule has 28 rings (SSSR count). The molecule has 16 aromatic heterocycles. The zero-order chi connectivity index (χ0) is 77.0. The van der Waals surface area contributed by atoms with Crippen LogP contribution in [0.4, 0.5) is 0 Å². The number of hydrogen-bond donors (Lipinski definition) is 0. The molecule has 12 heteroatoms. The Labute approximate surface area is 671 Å². The van der Waals surface area contributed by atoms with Crippen LogP contribution in [-0.2, 0) is 0 Å². The van der Waals surface area contributed by atoms with Gasteiger partial charge in [0.25, 0.3) is 0 Å². The van der Waals surface area contributed by atoms with Crippen LogP contribution in [0.2, 0.25) is 0 Å². The van der Waals surface area contributed by atoms with Crippen molar-refractivity contribution in [2.45, 2.75) is 0 Å². The molecule has 0 unspecified atom stereocenters. The van der Waals surface area contributed by atoms with E-state index in [0.29, 0.717) is 0 Å². The number of para-hydroxylation sites is 4. The lowest BCUT2D eigenvalue weighted by atomic mass is 10.0. The summed E-state index contributed by atoms with van der Waals surface area (Å²) in [6.07, 6.45) is 1.85. The van der Waals surface area contributed by atoms with Crippen molar-refractivity contribution in [1.29, 1.82) is 0 Å². The monoisotopic (exact) mass is 1500 g/mol. The van der Waals surface area contributed by atoms with Crippen molar-refractivity contribution >= 4 is 191 Å². The lowest BCUT2D eigenvalue weighted by molar-refractivity contribution is 1.08. The van der Waals surface area contributed by atoms with Gasteiger partial charge in [-0.1, -0.05) is 267 Å². The SMILES string of the molecule is c1ccc(-c2nc(-c3ccccc3)c3cc(-n4c5ccccc5c5c4c4cccc6c7ccccc7c5n64)ccc3n2)cc1.c1ccc(-c2nc(-n3c4ccccc4c4c3c3c5ccccc5c5cccc4n53)c3ccccc3n2)cc1.c1cnc2c(c1)ccc1ccc(-n3c4ccccc4c4c3c3cccc5c6ccccc6c4n53)nc12. The van der Waals surface area contributed by atoms with Gasteiger partial charge in [-0.15, -0.1) is 0 Å². The summed E-state index contributed by atoms with van der Waals surface area (Å²) in [6.45, 7) is 0. The molecule has 0 N–H and O–H groups in total. The zero-order valence-electron chi connectivity index (χ0n) is 63.2. The molecule has 0 bridgehead atoms. The second-order valence-electron chi connectivity index (χ2n) is 30.8. The third-order valence-electron chi connectivity index (χ3n) is 24.6. The van der Waals surface area contributed by atoms with Crippen molar-refractivity contribution in [2.75, 3.05) is 0 Å². The van der Waals surface area contributed by atoms with E-state index in [4.69, 9.17) is 24.9 Å². The molecule has 118 heavy (non-hydrogen) atoms. The normalized spacial score (nSPS) is 12.2. The van der Waals surface area contributed by atoms with Crippen LogP contribution in [0.25, 0.3) is 242 Å². The molecule has 0 atom stereocenters. The summed E-state index contributed by atoms with van der Waals surface area (Å²) >= 11 is 0. The topological polar surface area (TPSA) is 105 Å². The fraction of sp³-hybridized carbons (Fsp3) is 0. The molecule has 0 radical (unpaired) electrons. The number of fused-ring (bicyclic) bond motifs is 29. The Bertz CT molecular complexity index is 9020. The van der Waals surface area contributed by atoms with Crippen LogP contribution >= 0.6 is 0 Å². The predicted molar refractivity (Wildman–Crippen MR) is 487 cm³/mol. The van der Waals surface area contributed by atoms with Gasteiger partial charge in [-0.2, -0.15) is 0 Å². The van der Waals surface area contributed by atoms with Crippen LogP contribution in [0.1, 0.15) is 0 Å². The van der Waals surface area contributed by atoms with Crippen LogP contribution in [-0.4, -0.2) is 56.8 Å². The molecule has 0 amide bonds. The van der Waals surface area contributed by atoms with E-state index in [2.05, 4.69) is 347 Å². The minimum absolute atomic E-state index is 0.728. The molecular formula is C106H62N12.